The van der Waals surface area contributed by atoms with Crippen molar-refractivity contribution < 1.29 is 4.42 Å². The highest BCUT2D eigenvalue weighted by atomic mass is 16.4. The van der Waals surface area contributed by atoms with E-state index >= 15 is 0 Å². The van der Waals surface area contributed by atoms with Crippen molar-refractivity contribution in [3.05, 3.63) is 18.2 Å². The number of H-pyrrole nitrogens is 1. The number of benzene rings is 1. The zero-order valence-corrected chi connectivity index (χ0v) is 8.14. The monoisotopic (exact) mass is 216 g/mol. The minimum absolute atomic E-state index is 0.0373. The molecule has 7 heteroatoms. The molecule has 16 heavy (non-hydrogen) atoms. The predicted octanol–water partition coefficient (Wildman–Crippen LogP) is 0.777. The Bertz CT molecular complexity index is 655. The Kier molecular flexibility index (Phi) is 1.61. The standard InChI is InChI=1S/C9H8N6O/c10-7-5-3-4(1-2-6(5)12-13-7)8-14-15-9(11)16-8/h1-3H,(H2,11,15)(H3,10,12,13). The number of nitrogen functional groups attached to an aromatic ring is 2. The molecule has 0 aliphatic heterocycles. The SMILES string of the molecule is Nc1nnc(-c2ccc3[nH]nc(N)c3c2)o1. The lowest BCUT2D eigenvalue weighted by molar-refractivity contribution is 0.590. The van der Waals surface area contributed by atoms with Gasteiger partial charge < -0.3 is 15.9 Å². The summed E-state index contributed by atoms with van der Waals surface area (Å²) in [6, 6.07) is 5.53. The molecule has 0 fully saturated rings. The first-order valence-electron chi connectivity index (χ1n) is 4.57. The number of hydrogen-bond acceptors (Lipinski definition) is 6. The fraction of sp³-hybridized carbons (Fsp3) is 0. The Hall–Kier alpha value is -2.57. The summed E-state index contributed by atoms with van der Waals surface area (Å²) < 4.78 is 5.12. The molecule has 0 unspecified atom stereocenters. The number of nitrogens with one attached hydrogen (secondary N) is 1. The summed E-state index contributed by atoms with van der Waals surface area (Å²) in [5, 5.41) is 14.9. The first-order chi connectivity index (χ1) is 7.74. The molecule has 5 N–H and O–H groups in total. The normalized spacial score (nSPS) is 11.0. The number of nitrogens with zero attached hydrogens (tertiary/aromatic N) is 3. The van der Waals surface area contributed by atoms with E-state index in [-0.39, 0.29) is 6.01 Å². The Morgan fingerprint density at radius 1 is 1.19 bits per heavy atom. The second kappa shape index (κ2) is 2.96. The number of anilines is 2. The third-order valence-corrected chi connectivity index (χ3v) is 2.28. The highest BCUT2D eigenvalue weighted by Crippen LogP contribution is 2.25. The maximum absolute atomic E-state index is 5.69. The summed E-state index contributed by atoms with van der Waals surface area (Å²) >= 11 is 0. The van der Waals surface area contributed by atoms with E-state index in [1.54, 1.807) is 0 Å². The van der Waals surface area contributed by atoms with E-state index in [4.69, 9.17) is 15.9 Å². The Morgan fingerprint density at radius 3 is 2.81 bits per heavy atom. The van der Waals surface area contributed by atoms with Crippen LogP contribution in [0.1, 0.15) is 0 Å². The number of hydrogen-bond donors (Lipinski definition) is 3. The highest BCUT2D eigenvalue weighted by Gasteiger charge is 2.09. The number of aromatic nitrogens is 4. The lowest BCUT2D eigenvalue weighted by Crippen LogP contribution is -1.84. The molecule has 3 rings (SSSR count). The summed E-state index contributed by atoms with van der Waals surface area (Å²) in [5.74, 6) is 0.796. The summed E-state index contributed by atoms with van der Waals surface area (Å²) in [4.78, 5) is 0. The van der Waals surface area contributed by atoms with E-state index in [9.17, 15) is 0 Å². The molecule has 2 heterocycles. The maximum Gasteiger partial charge on any atom is 0.313 e. The van der Waals surface area contributed by atoms with Gasteiger partial charge in [-0.2, -0.15) is 5.10 Å². The van der Waals surface area contributed by atoms with Crippen molar-refractivity contribution in [1.82, 2.24) is 20.4 Å². The second-order valence-electron chi connectivity index (χ2n) is 3.31. The van der Waals surface area contributed by atoms with Gasteiger partial charge >= 0.3 is 6.01 Å². The molecule has 7 nitrogen and oxygen atoms in total. The van der Waals surface area contributed by atoms with Crippen molar-refractivity contribution in [1.29, 1.82) is 0 Å². The van der Waals surface area contributed by atoms with Gasteiger partial charge in [-0.05, 0) is 18.2 Å². The maximum atomic E-state index is 5.69. The van der Waals surface area contributed by atoms with Gasteiger partial charge in [0.25, 0.3) is 0 Å². The molecule has 80 valence electrons. The van der Waals surface area contributed by atoms with Gasteiger partial charge in [0.05, 0.1) is 5.52 Å². The van der Waals surface area contributed by atoms with Crippen LogP contribution in [-0.2, 0) is 0 Å². The molecule has 0 atom stereocenters. The molecule has 2 aromatic heterocycles. The van der Waals surface area contributed by atoms with Crippen molar-refractivity contribution in [2.24, 2.45) is 0 Å². The van der Waals surface area contributed by atoms with Crippen LogP contribution in [-0.4, -0.2) is 20.4 Å². The molecule has 0 bridgehead atoms. The number of aromatic amines is 1. The van der Waals surface area contributed by atoms with Crippen LogP contribution in [0.25, 0.3) is 22.4 Å². The van der Waals surface area contributed by atoms with Crippen LogP contribution < -0.4 is 11.5 Å². The molecule has 0 saturated heterocycles. The third kappa shape index (κ3) is 1.18. The summed E-state index contributed by atoms with van der Waals surface area (Å²) in [6.45, 7) is 0. The van der Waals surface area contributed by atoms with Crippen molar-refractivity contribution in [2.75, 3.05) is 11.5 Å². The van der Waals surface area contributed by atoms with Crippen molar-refractivity contribution in [3.8, 4) is 11.5 Å². The average molecular weight is 216 g/mol. The topological polar surface area (TPSA) is 120 Å². The minimum atomic E-state index is 0.0373. The minimum Gasteiger partial charge on any atom is -0.404 e. The molecule has 0 aliphatic carbocycles. The molecular weight excluding hydrogens is 208 g/mol. The molecule has 0 aliphatic rings. The van der Waals surface area contributed by atoms with Gasteiger partial charge in [0, 0.05) is 10.9 Å². The van der Waals surface area contributed by atoms with E-state index in [0.29, 0.717) is 11.7 Å². The smallest absolute Gasteiger partial charge is 0.313 e. The van der Waals surface area contributed by atoms with Crippen LogP contribution in [0.3, 0.4) is 0 Å². The van der Waals surface area contributed by atoms with Gasteiger partial charge in [-0.3, -0.25) is 5.10 Å². The Labute approximate surface area is 89.4 Å². The number of fused-ring (bicyclic) bond motifs is 1. The molecule has 0 saturated carbocycles. The van der Waals surface area contributed by atoms with Gasteiger partial charge in [0.1, 0.15) is 0 Å². The van der Waals surface area contributed by atoms with E-state index in [0.717, 1.165) is 16.5 Å². The van der Waals surface area contributed by atoms with E-state index in [2.05, 4.69) is 20.4 Å². The summed E-state index contributed by atoms with van der Waals surface area (Å²) in [7, 11) is 0. The lowest BCUT2D eigenvalue weighted by Gasteiger charge is -1.94. The second-order valence-corrected chi connectivity index (χ2v) is 3.31. The van der Waals surface area contributed by atoms with E-state index < -0.39 is 0 Å². The van der Waals surface area contributed by atoms with Crippen LogP contribution in [0.4, 0.5) is 11.8 Å². The highest BCUT2D eigenvalue weighted by molar-refractivity contribution is 5.91. The third-order valence-electron chi connectivity index (χ3n) is 2.28. The fourth-order valence-corrected chi connectivity index (χ4v) is 1.52. The Balaban J connectivity index is 2.21. The predicted molar refractivity (Wildman–Crippen MR) is 58.2 cm³/mol. The Morgan fingerprint density at radius 2 is 2.06 bits per heavy atom. The van der Waals surface area contributed by atoms with Gasteiger partial charge in [0.2, 0.25) is 5.89 Å². The van der Waals surface area contributed by atoms with Gasteiger partial charge in [-0.1, -0.05) is 5.10 Å². The quantitative estimate of drug-likeness (QED) is 0.552. The lowest BCUT2D eigenvalue weighted by atomic mass is 10.1. The summed E-state index contributed by atoms with van der Waals surface area (Å²) in [6.07, 6.45) is 0. The van der Waals surface area contributed by atoms with Gasteiger partial charge in [0.15, 0.2) is 5.82 Å². The number of rotatable bonds is 1. The first kappa shape index (κ1) is 8.72. The van der Waals surface area contributed by atoms with Crippen LogP contribution in [0.5, 0.6) is 0 Å². The van der Waals surface area contributed by atoms with Gasteiger partial charge in [-0.15, -0.1) is 5.10 Å². The van der Waals surface area contributed by atoms with Crippen molar-refractivity contribution in [3.63, 3.8) is 0 Å². The molecular formula is C9H8N6O. The summed E-state index contributed by atoms with van der Waals surface area (Å²) in [5.41, 5.74) is 12.7. The van der Waals surface area contributed by atoms with E-state index in [1.165, 1.54) is 0 Å². The van der Waals surface area contributed by atoms with Crippen LogP contribution >= 0.6 is 0 Å². The van der Waals surface area contributed by atoms with Crippen LogP contribution in [0.2, 0.25) is 0 Å². The van der Waals surface area contributed by atoms with E-state index in [1.807, 2.05) is 18.2 Å². The largest absolute Gasteiger partial charge is 0.404 e. The molecule has 1 aromatic carbocycles. The molecule has 0 radical (unpaired) electrons. The molecule has 0 amide bonds. The average Bonchev–Trinajstić information content (AvgIpc) is 2.86. The zero-order valence-electron chi connectivity index (χ0n) is 8.14. The van der Waals surface area contributed by atoms with Crippen LogP contribution in [0, 0.1) is 0 Å². The number of nitrogens with two attached hydrogens (primary N) is 2. The van der Waals surface area contributed by atoms with Crippen LogP contribution in [0.15, 0.2) is 22.6 Å². The molecule has 0 spiro atoms. The first-order valence-corrected chi connectivity index (χ1v) is 4.57. The van der Waals surface area contributed by atoms with Crippen molar-refractivity contribution in [2.45, 2.75) is 0 Å². The van der Waals surface area contributed by atoms with Gasteiger partial charge in [-0.25, -0.2) is 0 Å². The fourth-order valence-electron chi connectivity index (χ4n) is 1.52. The molecule has 3 aromatic rings. The zero-order chi connectivity index (χ0) is 11.1. The van der Waals surface area contributed by atoms with Crippen molar-refractivity contribution >= 4 is 22.7 Å².